The normalized spacial score (nSPS) is 12.3. The number of unbranched alkanes of at least 4 members (excludes halogenated alkanes) is 1. The predicted molar refractivity (Wildman–Crippen MR) is 122 cm³/mol. The Labute approximate surface area is 197 Å². The molecule has 3 nitrogen and oxygen atoms in total. The smallest absolute Gasteiger partial charge is 0.417 e. The number of hydrogen-bond donors (Lipinski definition) is 2. The molecule has 0 aliphatic rings. The molecule has 0 aliphatic heterocycles. The Morgan fingerprint density at radius 2 is 1.49 bits per heavy atom. The number of nitrogens with one attached hydrogen (secondary N) is 1. The van der Waals surface area contributed by atoms with Crippen molar-refractivity contribution >= 4 is 10.9 Å². The van der Waals surface area contributed by atoms with Crippen LogP contribution in [0.1, 0.15) is 29.5 Å². The van der Waals surface area contributed by atoms with E-state index in [-0.39, 0.29) is 23.4 Å². The van der Waals surface area contributed by atoms with Crippen LogP contribution in [0, 0.1) is 0 Å². The molecule has 1 aromatic heterocycles. The summed E-state index contributed by atoms with van der Waals surface area (Å²) >= 11 is 0. The lowest BCUT2D eigenvalue weighted by atomic mass is 9.96. The van der Waals surface area contributed by atoms with Gasteiger partial charge in [-0.3, -0.25) is 0 Å². The van der Waals surface area contributed by atoms with Crippen LogP contribution in [0.3, 0.4) is 0 Å². The molecule has 3 aromatic carbocycles. The summed E-state index contributed by atoms with van der Waals surface area (Å²) in [6, 6.07) is 16.5. The first kappa shape index (κ1) is 24.7. The molecule has 3 N–H and O–H groups in total. The van der Waals surface area contributed by atoms with Gasteiger partial charge >= 0.3 is 12.4 Å². The van der Waals surface area contributed by atoms with E-state index in [1.54, 1.807) is 48.5 Å². The lowest BCUT2D eigenvalue weighted by Crippen LogP contribution is -2.11. The minimum Gasteiger partial charge on any atom is -0.457 e. The van der Waals surface area contributed by atoms with E-state index in [0.717, 1.165) is 6.07 Å². The van der Waals surface area contributed by atoms with Crippen molar-refractivity contribution in [2.45, 2.75) is 31.6 Å². The molecule has 0 radical (unpaired) electrons. The minimum atomic E-state index is -4.97. The second kappa shape index (κ2) is 9.65. The Bertz CT molecular complexity index is 1310. The zero-order chi connectivity index (χ0) is 25.2. The van der Waals surface area contributed by atoms with Crippen LogP contribution in [0.25, 0.3) is 22.2 Å². The number of nitrogens with two attached hydrogens (primary N) is 1. The van der Waals surface area contributed by atoms with Crippen LogP contribution in [0.5, 0.6) is 11.5 Å². The van der Waals surface area contributed by atoms with E-state index in [1.807, 2.05) is 6.07 Å². The molecule has 0 saturated heterocycles. The third-order valence-corrected chi connectivity index (χ3v) is 5.62. The van der Waals surface area contributed by atoms with Gasteiger partial charge in [0.05, 0.1) is 11.1 Å². The van der Waals surface area contributed by atoms with Crippen molar-refractivity contribution in [3.63, 3.8) is 0 Å². The molecular weight excluding hydrogens is 470 g/mol. The van der Waals surface area contributed by atoms with Crippen LogP contribution in [-0.2, 0) is 18.8 Å². The number of aromatic amines is 1. The van der Waals surface area contributed by atoms with Gasteiger partial charge in [0.15, 0.2) is 0 Å². The number of halogens is 6. The third kappa shape index (κ3) is 5.45. The number of rotatable bonds is 7. The van der Waals surface area contributed by atoms with Crippen LogP contribution in [0.15, 0.2) is 66.7 Å². The first-order chi connectivity index (χ1) is 16.6. The number of aryl methyl sites for hydroxylation is 1. The van der Waals surface area contributed by atoms with Gasteiger partial charge < -0.3 is 15.5 Å². The Hall–Kier alpha value is -3.46. The number of hydrogen-bond acceptors (Lipinski definition) is 2. The quantitative estimate of drug-likeness (QED) is 0.203. The average Bonchev–Trinajstić information content (AvgIpc) is 3.17. The van der Waals surface area contributed by atoms with Crippen molar-refractivity contribution in [2.75, 3.05) is 6.54 Å². The van der Waals surface area contributed by atoms with Crippen molar-refractivity contribution < 1.29 is 31.1 Å². The second-order valence-electron chi connectivity index (χ2n) is 8.11. The van der Waals surface area contributed by atoms with E-state index in [2.05, 4.69) is 4.98 Å². The van der Waals surface area contributed by atoms with Crippen molar-refractivity contribution in [3.05, 3.63) is 83.4 Å². The summed E-state index contributed by atoms with van der Waals surface area (Å²) in [6.07, 6.45) is -8.65. The van der Waals surface area contributed by atoms with Crippen molar-refractivity contribution in [2.24, 2.45) is 5.73 Å². The van der Waals surface area contributed by atoms with Crippen molar-refractivity contribution in [1.82, 2.24) is 4.98 Å². The minimum absolute atomic E-state index is 0.182. The molecule has 0 saturated carbocycles. The number of fused-ring (bicyclic) bond motifs is 1. The third-order valence-electron chi connectivity index (χ3n) is 5.62. The average molecular weight is 492 g/mol. The Kier molecular flexibility index (Phi) is 6.80. The highest BCUT2D eigenvalue weighted by molar-refractivity contribution is 5.94. The fourth-order valence-electron chi connectivity index (χ4n) is 4.07. The van der Waals surface area contributed by atoms with Gasteiger partial charge in [-0.2, -0.15) is 26.3 Å². The van der Waals surface area contributed by atoms with Gasteiger partial charge in [-0.05, 0) is 67.8 Å². The summed E-state index contributed by atoms with van der Waals surface area (Å²) < 4.78 is 87.9. The van der Waals surface area contributed by atoms with Crippen molar-refractivity contribution in [3.8, 4) is 22.8 Å². The molecule has 9 heteroatoms. The molecular formula is C26H22F6N2O. The molecule has 4 rings (SSSR count). The van der Waals surface area contributed by atoms with Crippen molar-refractivity contribution in [1.29, 1.82) is 0 Å². The lowest BCUT2D eigenvalue weighted by Gasteiger charge is -2.14. The molecule has 0 atom stereocenters. The molecule has 4 aromatic rings. The second-order valence-corrected chi connectivity index (χ2v) is 8.11. The maximum absolute atomic E-state index is 14.0. The Balaban J connectivity index is 1.90. The fraction of sp³-hybridized carbons (Fsp3) is 0.231. The summed E-state index contributed by atoms with van der Waals surface area (Å²) in [5.41, 5.74) is 3.78. The topological polar surface area (TPSA) is 51.0 Å². The molecule has 0 aliphatic carbocycles. The van der Waals surface area contributed by atoms with Gasteiger partial charge in [0.25, 0.3) is 0 Å². The summed E-state index contributed by atoms with van der Waals surface area (Å²) in [4.78, 5) is 2.84. The zero-order valence-corrected chi connectivity index (χ0v) is 18.4. The molecule has 0 fully saturated rings. The number of ether oxygens (including phenoxy) is 1. The van der Waals surface area contributed by atoms with Crippen LogP contribution >= 0.6 is 0 Å². The van der Waals surface area contributed by atoms with Crippen LogP contribution in [0.4, 0.5) is 26.3 Å². The Morgan fingerprint density at radius 1 is 0.771 bits per heavy atom. The largest absolute Gasteiger partial charge is 0.457 e. The molecule has 0 bridgehead atoms. The van der Waals surface area contributed by atoms with E-state index < -0.39 is 23.5 Å². The Morgan fingerprint density at radius 3 is 2.14 bits per heavy atom. The van der Waals surface area contributed by atoms with Gasteiger partial charge in [-0.1, -0.05) is 30.3 Å². The first-order valence-electron chi connectivity index (χ1n) is 10.9. The number of para-hydroxylation sites is 1. The van der Waals surface area contributed by atoms with E-state index in [0.29, 0.717) is 47.7 Å². The highest BCUT2D eigenvalue weighted by Crippen LogP contribution is 2.44. The maximum atomic E-state index is 14.0. The highest BCUT2D eigenvalue weighted by atomic mass is 19.4. The summed E-state index contributed by atoms with van der Waals surface area (Å²) in [5, 5.41) is -0.257. The van der Waals surface area contributed by atoms with Gasteiger partial charge in [0, 0.05) is 22.2 Å². The summed E-state index contributed by atoms with van der Waals surface area (Å²) in [5.74, 6) is 1.01. The molecule has 0 amide bonds. The van der Waals surface area contributed by atoms with Crippen LogP contribution < -0.4 is 10.5 Å². The maximum Gasteiger partial charge on any atom is 0.417 e. The molecule has 184 valence electrons. The number of H-pyrrole nitrogens is 1. The summed E-state index contributed by atoms with van der Waals surface area (Å²) in [7, 11) is 0. The molecule has 1 heterocycles. The van der Waals surface area contributed by atoms with E-state index >= 15 is 0 Å². The SMILES string of the molecule is NCCCCc1c(-c2cccc(Oc3ccccc3)c2)[nH]c2cc(C(F)(F)F)cc(C(F)(F)F)c12. The molecule has 0 unspecified atom stereocenters. The molecule has 0 spiro atoms. The van der Waals surface area contributed by atoms with Gasteiger partial charge in [0.1, 0.15) is 11.5 Å². The standard InChI is InChI=1S/C26H22F6N2O/c27-25(28,29)17-14-21(26(30,31)32)23-20(11-4-5-12-33)24(34-22(23)15-17)16-7-6-10-19(13-16)35-18-8-2-1-3-9-18/h1-3,6-10,13-15,34H,4-5,11-12,33H2. The molecule has 35 heavy (non-hydrogen) atoms. The van der Waals surface area contributed by atoms with Crippen LogP contribution in [0.2, 0.25) is 0 Å². The fourth-order valence-corrected chi connectivity index (χ4v) is 4.07. The summed E-state index contributed by atoms with van der Waals surface area (Å²) in [6.45, 7) is 0.350. The number of aromatic nitrogens is 1. The van der Waals surface area contributed by atoms with E-state index in [4.69, 9.17) is 10.5 Å². The zero-order valence-electron chi connectivity index (χ0n) is 18.4. The van der Waals surface area contributed by atoms with Gasteiger partial charge in [0.2, 0.25) is 0 Å². The predicted octanol–water partition coefficient (Wildman–Crippen LogP) is 7.95. The van der Waals surface area contributed by atoms with Crippen LogP contribution in [-0.4, -0.2) is 11.5 Å². The van der Waals surface area contributed by atoms with Gasteiger partial charge in [-0.25, -0.2) is 0 Å². The lowest BCUT2D eigenvalue weighted by molar-refractivity contribution is -0.142. The number of alkyl halides is 6. The first-order valence-corrected chi connectivity index (χ1v) is 10.9. The number of benzene rings is 3. The monoisotopic (exact) mass is 492 g/mol. The highest BCUT2D eigenvalue weighted by Gasteiger charge is 2.39. The van der Waals surface area contributed by atoms with E-state index in [1.165, 1.54) is 0 Å². The van der Waals surface area contributed by atoms with Gasteiger partial charge in [-0.15, -0.1) is 0 Å². The van der Waals surface area contributed by atoms with E-state index in [9.17, 15) is 26.3 Å².